The van der Waals surface area contributed by atoms with Gasteiger partial charge in [-0.25, -0.2) is 13.2 Å². The van der Waals surface area contributed by atoms with Gasteiger partial charge in [0.05, 0.1) is 17.7 Å². The zero-order chi connectivity index (χ0) is 21.3. The molecule has 0 spiro atoms. The van der Waals surface area contributed by atoms with Gasteiger partial charge in [-0.1, -0.05) is 29.8 Å². The van der Waals surface area contributed by atoms with Crippen LogP contribution in [0.2, 0.25) is 0 Å². The second kappa shape index (κ2) is 7.44. The Morgan fingerprint density at radius 3 is 1.96 bits per heavy atom. The summed E-state index contributed by atoms with van der Waals surface area (Å²) in [5, 5.41) is 9.95. The van der Waals surface area contributed by atoms with Gasteiger partial charge in [0.2, 0.25) is 0 Å². The Hall–Kier alpha value is -2.59. The van der Waals surface area contributed by atoms with Crippen LogP contribution in [0.25, 0.3) is 0 Å². The van der Waals surface area contributed by atoms with E-state index < -0.39 is 33.3 Å². The minimum absolute atomic E-state index is 0.00559. The molecule has 0 aliphatic heterocycles. The molecule has 0 amide bonds. The third kappa shape index (κ3) is 3.69. The predicted molar refractivity (Wildman–Crippen MR) is 95.2 cm³/mol. The predicted octanol–water partition coefficient (Wildman–Crippen LogP) is 2.74. The average molecular weight is 417 g/mol. The first-order valence-electron chi connectivity index (χ1n) is 7.89. The quantitative estimate of drug-likeness (QED) is 0.757. The summed E-state index contributed by atoms with van der Waals surface area (Å²) < 4.78 is 70.1. The molecular formula is C18H18F3NO5S. The van der Waals surface area contributed by atoms with Crippen molar-refractivity contribution in [2.45, 2.75) is 23.6 Å². The summed E-state index contributed by atoms with van der Waals surface area (Å²) in [6, 6.07) is 9.81. The van der Waals surface area contributed by atoms with E-state index in [-0.39, 0.29) is 10.6 Å². The van der Waals surface area contributed by atoms with Crippen LogP contribution in [0.1, 0.15) is 11.1 Å². The monoisotopic (exact) mass is 417 g/mol. The first-order valence-corrected chi connectivity index (χ1v) is 9.33. The van der Waals surface area contributed by atoms with E-state index in [0.29, 0.717) is 0 Å². The number of carbonyl (C=O) groups excluding carboxylic acids is 1. The van der Waals surface area contributed by atoms with E-state index in [1.54, 1.807) is 19.1 Å². The maximum atomic E-state index is 13.3. The maximum absolute atomic E-state index is 13.3. The van der Waals surface area contributed by atoms with E-state index in [2.05, 4.69) is 4.74 Å². The molecule has 2 rings (SSSR count). The molecule has 0 aromatic heterocycles. The number of sulfonamides is 1. The van der Waals surface area contributed by atoms with Crippen molar-refractivity contribution >= 4 is 21.7 Å². The van der Waals surface area contributed by atoms with Gasteiger partial charge in [0.1, 0.15) is 0 Å². The number of aliphatic hydroxyl groups is 1. The first-order chi connectivity index (χ1) is 12.9. The number of esters is 1. The molecule has 28 heavy (non-hydrogen) atoms. The summed E-state index contributed by atoms with van der Waals surface area (Å²) in [6.07, 6.45) is -5.33. The van der Waals surface area contributed by atoms with Crippen LogP contribution in [-0.4, -0.2) is 39.8 Å². The Morgan fingerprint density at radius 2 is 1.54 bits per heavy atom. The lowest BCUT2D eigenvalue weighted by Crippen LogP contribution is -2.49. The van der Waals surface area contributed by atoms with Gasteiger partial charge < -0.3 is 9.84 Å². The summed E-state index contributed by atoms with van der Waals surface area (Å²) in [7, 11) is -2.00. The van der Waals surface area contributed by atoms with Crippen LogP contribution < -0.4 is 4.31 Å². The third-order valence-electron chi connectivity index (χ3n) is 4.22. The summed E-state index contributed by atoms with van der Waals surface area (Å²) in [4.78, 5) is 11.6. The molecule has 0 radical (unpaired) electrons. The maximum Gasteiger partial charge on any atom is 0.432 e. The Balaban J connectivity index is 2.43. The van der Waals surface area contributed by atoms with Crippen LogP contribution in [0.3, 0.4) is 0 Å². The van der Waals surface area contributed by atoms with E-state index in [1.807, 2.05) is 0 Å². The molecule has 6 nitrogen and oxygen atoms in total. The minimum atomic E-state index is -5.33. The van der Waals surface area contributed by atoms with Crippen molar-refractivity contribution in [3.05, 3.63) is 59.7 Å². The van der Waals surface area contributed by atoms with Crippen molar-refractivity contribution in [3.63, 3.8) is 0 Å². The highest BCUT2D eigenvalue weighted by atomic mass is 32.2. The molecule has 2 aromatic rings. The van der Waals surface area contributed by atoms with E-state index in [4.69, 9.17) is 0 Å². The van der Waals surface area contributed by atoms with Gasteiger partial charge in [-0.2, -0.15) is 13.2 Å². The number of ether oxygens (including phenoxy) is 1. The van der Waals surface area contributed by atoms with Crippen LogP contribution in [0.4, 0.5) is 18.9 Å². The zero-order valence-electron chi connectivity index (χ0n) is 15.2. The molecule has 1 unspecified atom stereocenters. The topological polar surface area (TPSA) is 83.9 Å². The third-order valence-corrected chi connectivity index (χ3v) is 6.02. The lowest BCUT2D eigenvalue weighted by atomic mass is 9.93. The minimum Gasteiger partial charge on any atom is -0.466 e. The van der Waals surface area contributed by atoms with Gasteiger partial charge in [-0.15, -0.1) is 0 Å². The number of rotatable bonds is 5. The Labute approximate surface area is 160 Å². The van der Waals surface area contributed by atoms with Gasteiger partial charge in [-0.05, 0) is 31.2 Å². The van der Waals surface area contributed by atoms with Gasteiger partial charge in [0, 0.05) is 12.6 Å². The second-order valence-electron chi connectivity index (χ2n) is 6.03. The molecule has 1 atom stereocenters. The number of anilines is 1. The molecule has 0 saturated heterocycles. The SMILES string of the molecule is COC(=O)C(O)(c1ccc(N(C)S(=O)(=O)c2ccc(C)cc2)cc1)C(F)(F)F. The fourth-order valence-electron chi connectivity index (χ4n) is 2.46. The van der Waals surface area contributed by atoms with E-state index in [1.165, 1.54) is 19.2 Å². The normalized spacial score (nSPS) is 14.2. The van der Waals surface area contributed by atoms with E-state index in [0.717, 1.165) is 41.2 Å². The van der Waals surface area contributed by atoms with Gasteiger partial charge in [0.25, 0.3) is 15.6 Å². The average Bonchev–Trinajstić information content (AvgIpc) is 2.65. The first kappa shape index (κ1) is 21.7. The highest BCUT2D eigenvalue weighted by Crippen LogP contribution is 2.40. The number of alkyl halides is 3. The molecule has 1 N–H and O–H groups in total. The van der Waals surface area contributed by atoms with Gasteiger partial charge in [0.15, 0.2) is 0 Å². The van der Waals surface area contributed by atoms with Crippen LogP contribution in [0, 0.1) is 6.92 Å². The zero-order valence-corrected chi connectivity index (χ0v) is 16.0. The van der Waals surface area contributed by atoms with Crippen LogP contribution in [0.15, 0.2) is 53.4 Å². The fraction of sp³-hybridized carbons (Fsp3) is 0.278. The van der Waals surface area contributed by atoms with Gasteiger partial charge >= 0.3 is 12.1 Å². The lowest BCUT2D eigenvalue weighted by Gasteiger charge is -2.28. The number of nitrogens with zero attached hydrogens (tertiary/aromatic N) is 1. The van der Waals surface area contributed by atoms with Crippen molar-refractivity contribution in [1.82, 2.24) is 0 Å². The van der Waals surface area contributed by atoms with E-state index >= 15 is 0 Å². The molecular weight excluding hydrogens is 399 g/mol. The highest BCUT2D eigenvalue weighted by molar-refractivity contribution is 7.92. The smallest absolute Gasteiger partial charge is 0.432 e. The summed E-state index contributed by atoms with van der Waals surface area (Å²) in [5.41, 5.74) is -3.76. The van der Waals surface area contributed by atoms with Crippen LogP contribution in [0.5, 0.6) is 0 Å². The molecule has 10 heteroatoms. The van der Waals surface area contributed by atoms with Crippen molar-refractivity contribution in [3.8, 4) is 0 Å². The lowest BCUT2D eigenvalue weighted by molar-refractivity contribution is -0.266. The summed E-state index contributed by atoms with van der Waals surface area (Å²) in [6.45, 7) is 1.79. The van der Waals surface area contributed by atoms with Crippen molar-refractivity contribution in [2.75, 3.05) is 18.5 Å². The summed E-state index contributed by atoms with van der Waals surface area (Å²) >= 11 is 0. The second-order valence-corrected chi connectivity index (χ2v) is 8.00. The van der Waals surface area contributed by atoms with Gasteiger partial charge in [-0.3, -0.25) is 4.31 Å². The fourth-order valence-corrected chi connectivity index (χ4v) is 3.66. The molecule has 0 bridgehead atoms. The van der Waals surface area contributed by atoms with Crippen molar-refractivity contribution in [1.29, 1.82) is 0 Å². The molecule has 0 fully saturated rings. The van der Waals surface area contributed by atoms with Crippen LogP contribution >= 0.6 is 0 Å². The molecule has 0 heterocycles. The number of benzene rings is 2. The molecule has 2 aromatic carbocycles. The number of methoxy groups -OCH3 is 1. The Morgan fingerprint density at radius 1 is 1.04 bits per heavy atom. The number of hydrogen-bond donors (Lipinski definition) is 1. The largest absolute Gasteiger partial charge is 0.466 e. The molecule has 0 aliphatic carbocycles. The number of carbonyl (C=O) groups is 1. The standard InChI is InChI=1S/C18H18F3NO5S/c1-12-4-10-15(11-5-12)28(25,26)22(2)14-8-6-13(7-9-14)17(24,16(23)27-3)18(19,20)21/h4-11,24H,1-3H3. The molecule has 0 aliphatic rings. The van der Waals surface area contributed by atoms with Crippen molar-refractivity contribution < 1.29 is 36.2 Å². The summed E-state index contributed by atoms with van der Waals surface area (Å²) in [5.74, 6) is -1.90. The van der Waals surface area contributed by atoms with Crippen LogP contribution in [-0.2, 0) is 25.2 Å². The Bertz CT molecular complexity index is 956. The van der Waals surface area contributed by atoms with Crippen molar-refractivity contribution in [2.24, 2.45) is 0 Å². The number of aryl methyl sites for hydroxylation is 1. The Kier molecular flexibility index (Phi) is 5.77. The highest BCUT2D eigenvalue weighted by Gasteiger charge is 2.62. The molecule has 0 saturated carbocycles. The number of halogens is 3. The number of hydrogen-bond acceptors (Lipinski definition) is 5. The van der Waals surface area contributed by atoms with E-state index in [9.17, 15) is 31.5 Å². The molecule has 152 valence electrons.